The van der Waals surface area contributed by atoms with Crippen LogP contribution >= 0.6 is 11.6 Å². The fraction of sp³-hybridized carbons (Fsp3) is 0.261. The molecule has 0 aliphatic heterocycles. The molecule has 0 bridgehead atoms. The number of halogens is 3. The van der Waals surface area contributed by atoms with Crippen molar-refractivity contribution in [3.63, 3.8) is 0 Å². The predicted octanol–water partition coefficient (Wildman–Crippen LogP) is 5.25. The number of alkyl halides is 1. The van der Waals surface area contributed by atoms with Gasteiger partial charge in [-0.25, -0.2) is 14.4 Å². The van der Waals surface area contributed by atoms with Gasteiger partial charge in [-0.1, -0.05) is 35.9 Å². The molecule has 9 heteroatoms. The molecule has 0 aliphatic carbocycles. The van der Waals surface area contributed by atoms with Gasteiger partial charge in [-0.15, -0.1) is 0 Å². The van der Waals surface area contributed by atoms with Crippen molar-refractivity contribution in [3.8, 4) is 17.3 Å². The van der Waals surface area contributed by atoms with E-state index in [0.29, 0.717) is 48.4 Å². The van der Waals surface area contributed by atoms with Crippen LogP contribution in [-0.2, 0) is 11.3 Å². The van der Waals surface area contributed by atoms with E-state index < -0.39 is 0 Å². The third-order valence-corrected chi connectivity index (χ3v) is 4.79. The highest BCUT2D eigenvalue weighted by molar-refractivity contribution is 6.29. The molecule has 0 saturated heterocycles. The van der Waals surface area contributed by atoms with Gasteiger partial charge in [0.1, 0.15) is 29.0 Å². The average Bonchev–Trinajstić information content (AvgIpc) is 3.15. The number of aryl methyl sites for hydroxylation is 1. The Bertz CT molecular complexity index is 1180. The Morgan fingerprint density at radius 1 is 1.03 bits per heavy atom. The molecule has 32 heavy (non-hydrogen) atoms. The monoisotopic (exact) mass is 460 g/mol. The molecular formula is C23H23ClF2N4O2. The zero-order valence-electron chi connectivity index (χ0n) is 18.0. The minimum absolute atomic E-state index is 0.254. The number of methoxy groups -OCH3 is 1. The molecule has 0 amide bonds. The first kappa shape index (κ1) is 23.6. The number of hydrogen-bond acceptors (Lipinski definition) is 5. The first-order chi connectivity index (χ1) is 15.5. The van der Waals surface area contributed by atoms with Crippen LogP contribution in [0.1, 0.15) is 11.3 Å². The standard InChI is InChI=1S/C22H20ClFN4O2.CH3F/c1-14-11-20(23)26-22(25-14)21-17-5-3-4-6-19(17)28(27-21)13-15-7-8-16(12-18(15)24)30-10-9-29-2;1-2/h3-8,11-12H,9-10,13H2,1-2H3;1H3. The van der Waals surface area contributed by atoms with Gasteiger partial charge in [0, 0.05) is 29.8 Å². The lowest BCUT2D eigenvalue weighted by Gasteiger charge is -2.09. The second kappa shape index (κ2) is 11.0. The highest BCUT2D eigenvalue weighted by Gasteiger charge is 2.16. The van der Waals surface area contributed by atoms with E-state index in [0.717, 1.165) is 16.6 Å². The molecule has 0 fully saturated rings. The van der Waals surface area contributed by atoms with E-state index >= 15 is 0 Å². The third kappa shape index (κ3) is 5.38. The Morgan fingerprint density at radius 2 is 1.81 bits per heavy atom. The van der Waals surface area contributed by atoms with Crippen LogP contribution in [0.3, 0.4) is 0 Å². The zero-order chi connectivity index (χ0) is 23.1. The Morgan fingerprint density at radius 3 is 2.53 bits per heavy atom. The molecule has 6 nitrogen and oxygen atoms in total. The van der Waals surface area contributed by atoms with E-state index in [1.807, 2.05) is 31.2 Å². The number of fused-ring (bicyclic) bond motifs is 1. The second-order valence-corrected chi connectivity index (χ2v) is 7.16. The summed E-state index contributed by atoms with van der Waals surface area (Å²) < 4.78 is 36.3. The topological polar surface area (TPSA) is 62.1 Å². The number of nitrogens with zero attached hydrogens (tertiary/aromatic N) is 4. The molecule has 4 aromatic rings. The van der Waals surface area contributed by atoms with E-state index in [-0.39, 0.29) is 12.4 Å². The SMILES string of the molecule is CF.COCCOc1ccc(Cn2nc(-c3nc(C)cc(Cl)n3)c3ccccc32)c(F)c1. The van der Waals surface area contributed by atoms with E-state index in [2.05, 4.69) is 15.1 Å². The Balaban J connectivity index is 0.00000141. The maximum absolute atomic E-state index is 14.7. The van der Waals surface area contributed by atoms with Crippen molar-refractivity contribution in [1.82, 2.24) is 19.7 Å². The van der Waals surface area contributed by atoms with Crippen LogP contribution in [0.5, 0.6) is 5.75 Å². The minimum atomic E-state index is -0.360. The summed E-state index contributed by atoms with van der Waals surface area (Å²) in [7, 11) is 2.09. The van der Waals surface area contributed by atoms with Gasteiger partial charge >= 0.3 is 0 Å². The number of benzene rings is 2. The summed E-state index contributed by atoms with van der Waals surface area (Å²) >= 11 is 6.11. The molecule has 0 radical (unpaired) electrons. The smallest absolute Gasteiger partial charge is 0.182 e. The van der Waals surface area contributed by atoms with E-state index in [9.17, 15) is 8.78 Å². The number of aromatic nitrogens is 4. The Labute approximate surface area is 189 Å². The maximum atomic E-state index is 14.7. The highest BCUT2D eigenvalue weighted by atomic mass is 35.5. The first-order valence-corrected chi connectivity index (χ1v) is 10.2. The van der Waals surface area contributed by atoms with Crippen LogP contribution in [0.4, 0.5) is 8.78 Å². The van der Waals surface area contributed by atoms with Gasteiger partial charge in [0.15, 0.2) is 5.82 Å². The average molecular weight is 461 g/mol. The molecule has 0 spiro atoms. The largest absolute Gasteiger partial charge is 0.491 e. The minimum Gasteiger partial charge on any atom is -0.491 e. The van der Waals surface area contributed by atoms with Crippen molar-refractivity contribution in [2.45, 2.75) is 13.5 Å². The lowest BCUT2D eigenvalue weighted by molar-refractivity contribution is 0.146. The summed E-state index contributed by atoms with van der Waals surface area (Å²) in [5.74, 6) is 0.542. The summed E-state index contributed by atoms with van der Waals surface area (Å²) in [6, 6.07) is 14.2. The molecule has 2 aromatic carbocycles. The Hall–Kier alpha value is -3.10. The van der Waals surface area contributed by atoms with Gasteiger partial charge < -0.3 is 9.47 Å². The molecule has 0 saturated carbocycles. The maximum Gasteiger partial charge on any atom is 0.182 e. The van der Waals surface area contributed by atoms with Crippen LogP contribution in [0.25, 0.3) is 22.4 Å². The lowest BCUT2D eigenvalue weighted by atomic mass is 10.2. The predicted molar refractivity (Wildman–Crippen MR) is 120 cm³/mol. The quantitative estimate of drug-likeness (QED) is 0.278. The van der Waals surface area contributed by atoms with Crippen molar-refractivity contribution < 1.29 is 18.3 Å². The van der Waals surface area contributed by atoms with Crippen LogP contribution in [0, 0.1) is 12.7 Å². The van der Waals surface area contributed by atoms with E-state index in [1.54, 1.807) is 30.0 Å². The molecule has 2 aromatic heterocycles. The Kier molecular flexibility index (Phi) is 8.08. The van der Waals surface area contributed by atoms with Crippen molar-refractivity contribution in [2.75, 3.05) is 27.5 Å². The number of hydrogen-bond donors (Lipinski definition) is 0. The zero-order valence-corrected chi connectivity index (χ0v) is 18.7. The van der Waals surface area contributed by atoms with Crippen LogP contribution in [0.2, 0.25) is 5.15 Å². The van der Waals surface area contributed by atoms with Gasteiger partial charge in [0.25, 0.3) is 0 Å². The van der Waals surface area contributed by atoms with Crippen LogP contribution in [0.15, 0.2) is 48.5 Å². The van der Waals surface area contributed by atoms with Gasteiger partial charge in [-0.3, -0.25) is 9.07 Å². The van der Waals surface area contributed by atoms with Crippen LogP contribution in [-0.4, -0.2) is 47.2 Å². The van der Waals surface area contributed by atoms with Gasteiger partial charge in [0.2, 0.25) is 0 Å². The molecular weight excluding hydrogens is 438 g/mol. The fourth-order valence-corrected chi connectivity index (χ4v) is 3.44. The third-order valence-electron chi connectivity index (χ3n) is 4.59. The molecule has 168 valence electrons. The normalized spacial score (nSPS) is 10.7. The molecule has 0 aliphatic rings. The van der Waals surface area contributed by atoms with E-state index in [1.165, 1.54) is 6.07 Å². The molecule has 0 unspecified atom stereocenters. The molecule has 0 N–H and O–H groups in total. The first-order valence-electron chi connectivity index (χ1n) is 9.80. The number of rotatable bonds is 7. The van der Waals surface area contributed by atoms with Gasteiger partial charge in [0.05, 0.1) is 25.8 Å². The highest BCUT2D eigenvalue weighted by Crippen LogP contribution is 2.28. The van der Waals surface area contributed by atoms with Crippen molar-refractivity contribution in [2.24, 2.45) is 0 Å². The summed E-state index contributed by atoms with van der Waals surface area (Å²) in [5, 5.41) is 5.91. The second-order valence-electron chi connectivity index (χ2n) is 6.77. The van der Waals surface area contributed by atoms with Gasteiger partial charge in [-0.05, 0) is 25.1 Å². The number of para-hydroxylation sites is 1. The fourth-order valence-electron chi connectivity index (χ4n) is 3.20. The lowest BCUT2D eigenvalue weighted by Crippen LogP contribution is -2.06. The van der Waals surface area contributed by atoms with Crippen molar-refractivity contribution >= 4 is 22.5 Å². The van der Waals surface area contributed by atoms with E-state index in [4.69, 9.17) is 21.1 Å². The van der Waals surface area contributed by atoms with Crippen molar-refractivity contribution in [3.05, 3.63) is 70.8 Å². The molecule has 2 heterocycles. The summed E-state index contributed by atoms with van der Waals surface area (Å²) in [6.45, 7) is 2.91. The summed E-state index contributed by atoms with van der Waals surface area (Å²) in [4.78, 5) is 8.78. The summed E-state index contributed by atoms with van der Waals surface area (Å²) in [6.07, 6.45) is 0. The van der Waals surface area contributed by atoms with Crippen LogP contribution < -0.4 is 4.74 Å². The van der Waals surface area contributed by atoms with Gasteiger partial charge in [-0.2, -0.15) is 5.10 Å². The molecule has 4 rings (SSSR count). The number of ether oxygens (including phenoxy) is 2. The van der Waals surface area contributed by atoms with Crippen molar-refractivity contribution in [1.29, 1.82) is 0 Å². The molecule has 0 atom stereocenters. The summed E-state index contributed by atoms with van der Waals surface area (Å²) in [5.41, 5.74) is 2.71.